The Morgan fingerprint density at radius 2 is 1.83 bits per heavy atom. The topological polar surface area (TPSA) is 38.3 Å². The van der Waals surface area contributed by atoms with Crippen molar-refractivity contribution in [2.75, 3.05) is 11.9 Å². The van der Waals surface area contributed by atoms with Gasteiger partial charge >= 0.3 is 0 Å². The number of rotatable bonds is 7. The molecule has 0 radical (unpaired) electrons. The largest absolute Gasteiger partial charge is 0.494 e. The van der Waals surface area contributed by atoms with Crippen LogP contribution in [-0.2, 0) is 6.42 Å². The maximum atomic E-state index is 12.5. The second kappa shape index (κ2) is 8.53. The van der Waals surface area contributed by atoms with E-state index >= 15 is 0 Å². The van der Waals surface area contributed by atoms with E-state index in [0.29, 0.717) is 18.1 Å². The number of carbonyl (C=O) groups excluding carboxylic acids is 1. The highest BCUT2D eigenvalue weighted by atomic mass is 16.5. The van der Waals surface area contributed by atoms with Crippen molar-refractivity contribution in [2.45, 2.75) is 40.5 Å². The zero-order valence-electron chi connectivity index (χ0n) is 15.1. The molecule has 0 atom stereocenters. The lowest BCUT2D eigenvalue weighted by Crippen LogP contribution is -2.14. The Labute approximate surface area is 145 Å². The number of hydrogen-bond acceptors (Lipinski definition) is 2. The first-order valence-electron chi connectivity index (χ1n) is 8.64. The van der Waals surface area contributed by atoms with Crippen LogP contribution in [0.4, 0.5) is 5.69 Å². The van der Waals surface area contributed by atoms with Crippen molar-refractivity contribution in [3.8, 4) is 5.75 Å². The highest BCUT2D eigenvalue weighted by Gasteiger charge is 2.10. The van der Waals surface area contributed by atoms with E-state index in [4.69, 9.17) is 4.74 Å². The van der Waals surface area contributed by atoms with Crippen molar-refractivity contribution in [1.82, 2.24) is 0 Å². The lowest BCUT2D eigenvalue weighted by molar-refractivity contribution is 0.102. The van der Waals surface area contributed by atoms with E-state index in [-0.39, 0.29) is 5.91 Å². The average Bonchev–Trinajstić information content (AvgIpc) is 2.57. The van der Waals surface area contributed by atoms with Crippen molar-refractivity contribution in [2.24, 2.45) is 5.92 Å². The van der Waals surface area contributed by atoms with Crippen molar-refractivity contribution >= 4 is 11.6 Å². The van der Waals surface area contributed by atoms with Gasteiger partial charge in [-0.25, -0.2) is 0 Å². The smallest absolute Gasteiger partial charge is 0.255 e. The van der Waals surface area contributed by atoms with Crippen LogP contribution in [0.1, 0.15) is 48.7 Å². The minimum atomic E-state index is -0.0901. The highest BCUT2D eigenvalue weighted by Crippen LogP contribution is 2.22. The maximum Gasteiger partial charge on any atom is 0.255 e. The van der Waals surface area contributed by atoms with Crippen LogP contribution in [0.5, 0.6) is 5.75 Å². The molecule has 3 nitrogen and oxygen atoms in total. The molecule has 0 saturated carbocycles. The monoisotopic (exact) mass is 325 g/mol. The molecule has 24 heavy (non-hydrogen) atoms. The predicted octanol–water partition coefficient (Wildman–Crippen LogP) is 5.23. The zero-order valence-corrected chi connectivity index (χ0v) is 15.1. The van der Waals surface area contributed by atoms with Crippen LogP contribution in [0.25, 0.3) is 0 Å². The van der Waals surface area contributed by atoms with Crippen LogP contribution >= 0.6 is 0 Å². The van der Waals surface area contributed by atoms with E-state index < -0.39 is 0 Å². The van der Waals surface area contributed by atoms with Crippen molar-refractivity contribution in [1.29, 1.82) is 0 Å². The van der Waals surface area contributed by atoms with Gasteiger partial charge in [-0.2, -0.15) is 0 Å². The van der Waals surface area contributed by atoms with Crippen LogP contribution in [0.15, 0.2) is 42.5 Å². The Bertz CT molecular complexity index is 675. The van der Waals surface area contributed by atoms with E-state index in [2.05, 4.69) is 26.1 Å². The summed E-state index contributed by atoms with van der Waals surface area (Å²) in [6, 6.07) is 13.4. The minimum absolute atomic E-state index is 0.0901. The normalized spacial score (nSPS) is 10.7. The molecule has 0 bridgehead atoms. The number of ether oxygens (including phenoxy) is 1. The Hall–Kier alpha value is -2.29. The number of benzene rings is 2. The predicted molar refractivity (Wildman–Crippen MR) is 99.9 cm³/mol. The van der Waals surface area contributed by atoms with Gasteiger partial charge < -0.3 is 10.1 Å². The third-order valence-corrected chi connectivity index (χ3v) is 4.06. The molecule has 0 aliphatic heterocycles. The van der Waals surface area contributed by atoms with Gasteiger partial charge in [0.15, 0.2) is 0 Å². The third kappa shape index (κ3) is 4.85. The third-order valence-electron chi connectivity index (χ3n) is 4.06. The molecule has 0 spiro atoms. The molecule has 128 valence electrons. The molecule has 2 rings (SSSR count). The molecule has 0 unspecified atom stereocenters. The number of hydrogen-bond donors (Lipinski definition) is 1. The second-order valence-corrected chi connectivity index (χ2v) is 6.47. The Kier molecular flexibility index (Phi) is 6.42. The lowest BCUT2D eigenvalue weighted by atomic mass is 10.1. The zero-order chi connectivity index (χ0) is 17.5. The first kappa shape index (κ1) is 18.1. The van der Waals surface area contributed by atoms with Crippen molar-refractivity contribution in [3.05, 3.63) is 59.2 Å². The average molecular weight is 325 g/mol. The summed E-state index contributed by atoms with van der Waals surface area (Å²) in [5.41, 5.74) is 3.78. The number of amides is 1. The summed E-state index contributed by atoms with van der Waals surface area (Å²) in [5.74, 6) is 1.34. The van der Waals surface area contributed by atoms with Gasteiger partial charge in [-0.1, -0.05) is 39.0 Å². The molecule has 0 fully saturated rings. The van der Waals surface area contributed by atoms with Crippen LogP contribution in [0.2, 0.25) is 0 Å². The number of nitrogens with one attached hydrogen (secondary N) is 1. The summed E-state index contributed by atoms with van der Waals surface area (Å²) in [6.07, 6.45) is 1.91. The molecule has 0 aliphatic carbocycles. The molecule has 3 heteroatoms. The lowest BCUT2D eigenvalue weighted by Gasteiger charge is -2.13. The molecule has 0 saturated heterocycles. The number of carbonyl (C=O) groups is 1. The molecule has 0 aromatic heterocycles. The van der Waals surface area contributed by atoms with Gasteiger partial charge in [0.25, 0.3) is 5.91 Å². The summed E-state index contributed by atoms with van der Waals surface area (Å²) in [6.45, 7) is 9.15. The summed E-state index contributed by atoms with van der Waals surface area (Å²) in [5, 5.41) is 3.04. The van der Waals surface area contributed by atoms with E-state index in [0.717, 1.165) is 35.4 Å². The van der Waals surface area contributed by atoms with Crippen LogP contribution in [0, 0.1) is 12.8 Å². The van der Waals surface area contributed by atoms with Crippen molar-refractivity contribution < 1.29 is 9.53 Å². The van der Waals surface area contributed by atoms with Crippen LogP contribution < -0.4 is 10.1 Å². The molecular weight excluding hydrogens is 298 g/mol. The Morgan fingerprint density at radius 3 is 2.46 bits per heavy atom. The number of aryl methyl sites for hydroxylation is 2. The Balaban J connectivity index is 2.03. The molecule has 2 aromatic rings. The van der Waals surface area contributed by atoms with Gasteiger partial charge in [-0.05, 0) is 61.1 Å². The molecule has 2 aromatic carbocycles. The van der Waals surface area contributed by atoms with Gasteiger partial charge in [0, 0.05) is 11.3 Å². The summed E-state index contributed by atoms with van der Waals surface area (Å²) in [7, 11) is 0. The SMILES string of the molecule is CCc1cccc(C)c1NC(=O)c1ccc(OCCC(C)C)cc1. The quantitative estimate of drug-likeness (QED) is 0.756. The molecule has 1 amide bonds. The molecule has 1 N–H and O–H groups in total. The van der Waals surface area contributed by atoms with Crippen LogP contribution in [0.3, 0.4) is 0 Å². The molecule has 0 aliphatic rings. The fraction of sp³-hybridized carbons (Fsp3) is 0.381. The standard InChI is InChI=1S/C21H27NO2/c1-5-17-8-6-7-16(4)20(17)22-21(23)18-9-11-19(12-10-18)24-14-13-15(2)3/h6-12,15H,5,13-14H2,1-4H3,(H,22,23). The summed E-state index contributed by atoms with van der Waals surface area (Å²) < 4.78 is 5.69. The second-order valence-electron chi connectivity index (χ2n) is 6.47. The first-order valence-corrected chi connectivity index (χ1v) is 8.64. The van der Waals surface area contributed by atoms with Crippen LogP contribution in [-0.4, -0.2) is 12.5 Å². The van der Waals surface area contributed by atoms with E-state index in [1.54, 1.807) is 0 Å². The van der Waals surface area contributed by atoms with Gasteiger partial charge in [-0.3, -0.25) is 4.79 Å². The van der Waals surface area contributed by atoms with E-state index in [1.165, 1.54) is 0 Å². The summed E-state index contributed by atoms with van der Waals surface area (Å²) >= 11 is 0. The highest BCUT2D eigenvalue weighted by molar-refractivity contribution is 6.05. The summed E-state index contributed by atoms with van der Waals surface area (Å²) in [4.78, 5) is 12.5. The Morgan fingerprint density at radius 1 is 1.12 bits per heavy atom. The van der Waals surface area contributed by atoms with Gasteiger partial charge in [0.1, 0.15) is 5.75 Å². The van der Waals surface area contributed by atoms with Gasteiger partial charge in [0.05, 0.1) is 6.61 Å². The van der Waals surface area contributed by atoms with Gasteiger partial charge in [-0.15, -0.1) is 0 Å². The minimum Gasteiger partial charge on any atom is -0.494 e. The van der Waals surface area contributed by atoms with Gasteiger partial charge in [0.2, 0.25) is 0 Å². The fourth-order valence-corrected chi connectivity index (χ4v) is 2.50. The number of anilines is 1. The van der Waals surface area contributed by atoms with E-state index in [9.17, 15) is 4.79 Å². The van der Waals surface area contributed by atoms with Crippen molar-refractivity contribution in [3.63, 3.8) is 0 Å². The molecular formula is C21H27NO2. The number of para-hydroxylation sites is 1. The molecule has 0 heterocycles. The van der Waals surface area contributed by atoms with E-state index in [1.807, 2.05) is 49.4 Å². The fourth-order valence-electron chi connectivity index (χ4n) is 2.50. The maximum absolute atomic E-state index is 12.5. The first-order chi connectivity index (χ1) is 11.5.